The monoisotopic (exact) mass is 425 g/mol. The molecule has 2 aliphatic rings. The second-order valence-corrected chi connectivity index (χ2v) is 7.68. The van der Waals surface area contributed by atoms with Gasteiger partial charge in [-0.25, -0.2) is 9.59 Å². The van der Waals surface area contributed by atoms with Crippen LogP contribution in [0.1, 0.15) is 17.2 Å². The van der Waals surface area contributed by atoms with E-state index < -0.39 is 18.0 Å². The third-order valence-corrected chi connectivity index (χ3v) is 5.51. The van der Waals surface area contributed by atoms with Crippen molar-refractivity contribution in [2.24, 2.45) is 0 Å². The summed E-state index contributed by atoms with van der Waals surface area (Å²) >= 11 is 5.95. The van der Waals surface area contributed by atoms with E-state index in [2.05, 4.69) is 5.32 Å². The van der Waals surface area contributed by atoms with Crippen molar-refractivity contribution in [2.45, 2.75) is 13.0 Å². The number of rotatable bonds is 4. The Balaban J connectivity index is 1.62. The maximum atomic E-state index is 12.9. The summed E-state index contributed by atoms with van der Waals surface area (Å²) in [7, 11) is 1.65. The van der Waals surface area contributed by atoms with Crippen LogP contribution in [0.15, 0.2) is 59.8 Å². The first-order valence-electron chi connectivity index (χ1n) is 9.42. The molecule has 4 rings (SSSR count). The molecule has 2 heterocycles. The van der Waals surface area contributed by atoms with Gasteiger partial charge in [0, 0.05) is 17.8 Å². The van der Waals surface area contributed by atoms with Crippen molar-refractivity contribution in [2.75, 3.05) is 25.1 Å². The fraction of sp³-hybridized carbons (Fsp3) is 0.227. The van der Waals surface area contributed by atoms with Gasteiger partial charge in [-0.1, -0.05) is 35.9 Å². The summed E-state index contributed by atoms with van der Waals surface area (Å²) in [6.07, 6.45) is 0. The SMILES string of the molecule is Cc1cccc(N(C)C(=O)CN2C(=O)N[C@H](c3ccc(Cl)cc3)C3=C2COC3=O)c1. The molecule has 0 radical (unpaired) electrons. The van der Waals surface area contributed by atoms with Gasteiger partial charge in [-0.2, -0.15) is 0 Å². The largest absolute Gasteiger partial charge is 0.456 e. The van der Waals surface area contributed by atoms with Crippen LogP contribution in [-0.4, -0.2) is 43.0 Å². The fourth-order valence-corrected chi connectivity index (χ4v) is 3.73. The van der Waals surface area contributed by atoms with Gasteiger partial charge in [0.15, 0.2) is 0 Å². The van der Waals surface area contributed by atoms with Crippen LogP contribution in [0.5, 0.6) is 0 Å². The van der Waals surface area contributed by atoms with E-state index in [1.54, 1.807) is 31.3 Å². The lowest BCUT2D eigenvalue weighted by Gasteiger charge is -2.33. The Kier molecular flexibility index (Phi) is 5.22. The van der Waals surface area contributed by atoms with Gasteiger partial charge in [0.25, 0.3) is 0 Å². The second kappa shape index (κ2) is 7.84. The number of aryl methyl sites for hydroxylation is 1. The molecule has 154 valence electrons. The molecular formula is C22H20ClN3O4. The number of amides is 3. The third-order valence-electron chi connectivity index (χ3n) is 5.26. The summed E-state index contributed by atoms with van der Waals surface area (Å²) in [4.78, 5) is 40.9. The average Bonchev–Trinajstić information content (AvgIpc) is 3.11. The molecule has 0 aliphatic carbocycles. The summed E-state index contributed by atoms with van der Waals surface area (Å²) in [6, 6.07) is 13.3. The van der Waals surface area contributed by atoms with E-state index in [4.69, 9.17) is 16.3 Å². The van der Waals surface area contributed by atoms with Crippen molar-refractivity contribution in [3.05, 3.63) is 76.0 Å². The van der Waals surface area contributed by atoms with Gasteiger partial charge < -0.3 is 15.0 Å². The molecule has 2 aromatic carbocycles. The number of nitrogens with one attached hydrogen (secondary N) is 1. The number of carbonyl (C=O) groups is 3. The lowest BCUT2D eigenvalue weighted by molar-refractivity contribution is -0.136. The summed E-state index contributed by atoms with van der Waals surface area (Å²) in [5.41, 5.74) is 3.21. The lowest BCUT2D eigenvalue weighted by Crippen LogP contribution is -2.50. The first-order chi connectivity index (χ1) is 14.3. The predicted molar refractivity (Wildman–Crippen MR) is 112 cm³/mol. The molecule has 1 atom stereocenters. The number of nitrogens with zero attached hydrogens (tertiary/aromatic N) is 2. The van der Waals surface area contributed by atoms with E-state index >= 15 is 0 Å². The molecule has 7 nitrogen and oxygen atoms in total. The molecule has 0 unspecified atom stereocenters. The van der Waals surface area contributed by atoms with Crippen molar-refractivity contribution in [1.82, 2.24) is 10.2 Å². The van der Waals surface area contributed by atoms with Gasteiger partial charge in [0.1, 0.15) is 13.2 Å². The molecular weight excluding hydrogens is 406 g/mol. The van der Waals surface area contributed by atoms with Crippen molar-refractivity contribution in [3.63, 3.8) is 0 Å². The Morgan fingerprint density at radius 2 is 1.97 bits per heavy atom. The summed E-state index contributed by atoms with van der Waals surface area (Å²) in [6.45, 7) is 1.68. The minimum absolute atomic E-state index is 0.0485. The van der Waals surface area contributed by atoms with Crippen molar-refractivity contribution in [1.29, 1.82) is 0 Å². The minimum atomic E-state index is -0.652. The Morgan fingerprint density at radius 1 is 1.23 bits per heavy atom. The molecule has 0 saturated heterocycles. The van der Waals surface area contributed by atoms with E-state index in [-0.39, 0.29) is 19.1 Å². The van der Waals surface area contributed by atoms with Crippen LogP contribution >= 0.6 is 11.6 Å². The number of hydrogen-bond acceptors (Lipinski definition) is 4. The summed E-state index contributed by atoms with van der Waals surface area (Å²) in [5, 5.41) is 3.36. The number of urea groups is 1. The molecule has 0 aromatic heterocycles. The van der Waals surface area contributed by atoms with Crippen LogP contribution in [0.4, 0.5) is 10.5 Å². The summed E-state index contributed by atoms with van der Waals surface area (Å²) in [5.74, 6) is -0.790. The van der Waals surface area contributed by atoms with Crippen LogP contribution in [0.25, 0.3) is 0 Å². The van der Waals surface area contributed by atoms with Crippen LogP contribution in [0, 0.1) is 6.92 Å². The molecule has 8 heteroatoms. The third kappa shape index (κ3) is 3.64. The number of likely N-dealkylation sites (N-methyl/N-ethyl adjacent to an activating group) is 1. The Hall–Kier alpha value is -3.32. The maximum Gasteiger partial charge on any atom is 0.338 e. The van der Waals surface area contributed by atoms with E-state index in [1.165, 1.54) is 9.80 Å². The molecule has 0 saturated carbocycles. The van der Waals surface area contributed by atoms with E-state index in [0.717, 1.165) is 11.3 Å². The number of benzene rings is 2. The van der Waals surface area contributed by atoms with Crippen LogP contribution in [0.3, 0.4) is 0 Å². The summed E-state index contributed by atoms with van der Waals surface area (Å²) < 4.78 is 5.20. The molecule has 0 fully saturated rings. The zero-order chi connectivity index (χ0) is 21.4. The van der Waals surface area contributed by atoms with Gasteiger partial charge in [-0.3, -0.25) is 9.69 Å². The Labute approximate surface area is 178 Å². The van der Waals surface area contributed by atoms with Gasteiger partial charge >= 0.3 is 12.0 Å². The smallest absolute Gasteiger partial charge is 0.338 e. The quantitative estimate of drug-likeness (QED) is 0.763. The number of hydrogen-bond donors (Lipinski definition) is 1. The number of anilines is 1. The minimum Gasteiger partial charge on any atom is -0.456 e. The zero-order valence-corrected chi connectivity index (χ0v) is 17.3. The van der Waals surface area contributed by atoms with E-state index in [1.807, 2.05) is 31.2 Å². The first-order valence-corrected chi connectivity index (χ1v) is 9.80. The van der Waals surface area contributed by atoms with E-state index in [9.17, 15) is 14.4 Å². The topological polar surface area (TPSA) is 79.0 Å². The fourth-order valence-electron chi connectivity index (χ4n) is 3.61. The number of halogens is 1. The van der Waals surface area contributed by atoms with Gasteiger partial charge in [0.05, 0.1) is 17.3 Å². The highest BCUT2D eigenvalue weighted by atomic mass is 35.5. The predicted octanol–water partition coefficient (Wildman–Crippen LogP) is 3.19. The molecule has 0 spiro atoms. The van der Waals surface area contributed by atoms with Gasteiger partial charge in [-0.05, 0) is 42.3 Å². The normalized spacial score (nSPS) is 18.1. The molecule has 2 aliphatic heterocycles. The molecule has 30 heavy (non-hydrogen) atoms. The molecule has 3 amide bonds. The zero-order valence-electron chi connectivity index (χ0n) is 16.5. The molecule has 2 aromatic rings. The van der Waals surface area contributed by atoms with Crippen molar-refractivity contribution >= 4 is 35.2 Å². The van der Waals surface area contributed by atoms with Gasteiger partial charge in [-0.15, -0.1) is 0 Å². The lowest BCUT2D eigenvalue weighted by atomic mass is 9.96. The number of carbonyl (C=O) groups excluding carboxylic acids is 3. The highest BCUT2D eigenvalue weighted by Crippen LogP contribution is 2.35. The average molecular weight is 426 g/mol. The van der Waals surface area contributed by atoms with Crippen molar-refractivity contribution in [3.8, 4) is 0 Å². The standard InChI is InChI=1S/C22H20ClN3O4/c1-13-4-3-5-16(10-13)25(2)18(27)11-26-17-12-30-21(28)19(17)20(24-22(26)29)14-6-8-15(23)9-7-14/h3-10,20H,11-12H2,1-2H3,(H,24,29)/t20-/m1/s1. The van der Waals surface area contributed by atoms with Crippen LogP contribution < -0.4 is 10.2 Å². The highest BCUT2D eigenvalue weighted by molar-refractivity contribution is 6.30. The number of esters is 1. The van der Waals surface area contributed by atoms with E-state index in [0.29, 0.717) is 21.9 Å². The maximum absolute atomic E-state index is 12.9. The van der Waals surface area contributed by atoms with Crippen molar-refractivity contribution < 1.29 is 19.1 Å². The van der Waals surface area contributed by atoms with Gasteiger partial charge in [0.2, 0.25) is 5.91 Å². The number of ether oxygens (including phenoxy) is 1. The van der Waals surface area contributed by atoms with Crippen LogP contribution in [-0.2, 0) is 14.3 Å². The Bertz CT molecular complexity index is 1060. The second-order valence-electron chi connectivity index (χ2n) is 7.25. The number of cyclic esters (lactones) is 1. The molecule has 1 N–H and O–H groups in total. The first kappa shape index (κ1) is 20.0. The highest BCUT2D eigenvalue weighted by Gasteiger charge is 2.42. The van der Waals surface area contributed by atoms with Crippen LogP contribution in [0.2, 0.25) is 5.02 Å². The molecule has 0 bridgehead atoms. The Morgan fingerprint density at radius 3 is 2.67 bits per heavy atom.